The predicted molar refractivity (Wildman–Crippen MR) is 83.0 cm³/mol. The summed E-state index contributed by atoms with van der Waals surface area (Å²) < 4.78 is 19.8. The Morgan fingerprint density at radius 2 is 2.10 bits per heavy atom. The molecule has 0 unspecified atom stereocenters. The molecule has 0 aromatic heterocycles. The number of halogens is 3. The Bertz CT molecular complexity index is 606. The summed E-state index contributed by atoms with van der Waals surface area (Å²) >= 11 is 9.53. The maximum Gasteiger partial charge on any atom is 0.150 e. The molecule has 2 nitrogen and oxygen atoms in total. The molecule has 0 fully saturated rings. The molecular weight excluding hydrogens is 345 g/mol. The Hall–Kier alpha value is -1.10. The number of hydrogen-bond donors (Lipinski definition) is 1. The third-order valence-corrected chi connectivity index (χ3v) is 3.67. The van der Waals surface area contributed by atoms with Crippen LogP contribution in [0.1, 0.15) is 12.5 Å². The number of hydrogen-bond acceptors (Lipinski definition) is 2. The first-order valence-electron chi connectivity index (χ1n) is 6.23. The second-order valence-corrected chi connectivity index (χ2v) is 5.45. The summed E-state index contributed by atoms with van der Waals surface area (Å²) in [5.74, 6) is 0.584. The minimum absolute atomic E-state index is 0.358. The molecule has 20 heavy (non-hydrogen) atoms. The molecule has 0 aliphatic rings. The Kier molecular flexibility index (Phi) is 5.40. The van der Waals surface area contributed by atoms with E-state index in [1.165, 1.54) is 12.1 Å². The van der Waals surface area contributed by atoms with Gasteiger partial charge in [0, 0.05) is 18.2 Å². The van der Waals surface area contributed by atoms with E-state index in [1.54, 1.807) is 12.1 Å². The zero-order chi connectivity index (χ0) is 14.5. The van der Waals surface area contributed by atoms with Gasteiger partial charge < -0.3 is 10.1 Å². The third-order valence-electron chi connectivity index (χ3n) is 2.72. The van der Waals surface area contributed by atoms with Gasteiger partial charge in [-0.15, -0.1) is 0 Å². The summed E-state index contributed by atoms with van der Waals surface area (Å²) in [7, 11) is 0. The quantitative estimate of drug-likeness (QED) is 0.798. The first-order valence-corrected chi connectivity index (χ1v) is 7.40. The number of ether oxygens (including phenoxy) is 1. The van der Waals surface area contributed by atoms with Gasteiger partial charge in [-0.2, -0.15) is 0 Å². The van der Waals surface area contributed by atoms with Crippen LogP contribution < -0.4 is 10.1 Å². The highest BCUT2D eigenvalue weighted by atomic mass is 79.9. The van der Waals surface area contributed by atoms with Gasteiger partial charge in [-0.3, -0.25) is 0 Å². The predicted octanol–water partition coefficient (Wildman–Crippen LogP) is 5.14. The molecule has 0 amide bonds. The van der Waals surface area contributed by atoms with Crippen molar-refractivity contribution in [3.05, 3.63) is 57.3 Å². The molecule has 0 spiro atoms. The van der Waals surface area contributed by atoms with Crippen LogP contribution >= 0.6 is 27.5 Å². The van der Waals surface area contributed by atoms with Crippen molar-refractivity contribution in [1.29, 1.82) is 0 Å². The van der Waals surface area contributed by atoms with Crippen LogP contribution in [0, 0.1) is 5.82 Å². The van der Waals surface area contributed by atoms with E-state index in [2.05, 4.69) is 21.2 Å². The summed E-state index contributed by atoms with van der Waals surface area (Å²) in [5.41, 5.74) is 0.926. The topological polar surface area (TPSA) is 21.3 Å². The SMILES string of the molecule is CCNCc1cccc(Cl)c1Oc1cc(F)ccc1Br. The van der Waals surface area contributed by atoms with E-state index >= 15 is 0 Å². The highest BCUT2D eigenvalue weighted by molar-refractivity contribution is 9.10. The molecule has 5 heteroatoms. The zero-order valence-corrected chi connectivity index (χ0v) is 13.3. The highest BCUT2D eigenvalue weighted by Gasteiger charge is 2.12. The monoisotopic (exact) mass is 357 g/mol. The van der Waals surface area contributed by atoms with Crippen LogP contribution in [0.5, 0.6) is 11.5 Å². The fourth-order valence-electron chi connectivity index (χ4n) is 1.73. The fourth-order valence-corrected chi connectivity index (χ4v) is 2.29. The molecule has 2 rings (SSSR count). The second kappa shape index (κ2) is 7.07. The largest absolute Gasteiger partial charge is 0.454 e. The molecule has 0 bridgehead atoms. The van der Waals surface area contributed by atoms with Gasteiger partial charge in [0.2, 0.25) is 0 Å². The first-order chi connectivity index (χ1) is 9.61. The molecule has 1 N–H and O–H groups in total. The summed E-state index contributed by atoms with van der Waals surface area (Å²) in [6, 6.07) is 9.83. The zero-order valence-electron chi connectivity index (χ0n) is 10.9. The van der Waals surface area contributed by atoms with Crippen LogP contribution in [0.2, 0.25) is 5.02 Å². The van der Waals surface area contributed by atoms with Gasteiger partial charge in [0.25, 0.3) is 0 Å². The smallest absolute Gasteiger partial charge is 0.150 e. The average molecular weight is 359 g/mol. The Labute approximate surface area is 131 Å². The van der Waals surface area contributed by atoms with Crippen LogP contribution in [0.15, 0.2) is 40.9 Å². The van der Waals surface area contributed by atoms with Crippen molar-refractivity contribution < 1.29 is 9.13 Å². The van der Waals surface area contributed by atoms with Crippen molar-refractivity contribution in [3.8, 4) is 11.5 Å². The van der Waals surface area contributed by atoms with E-state index in [4.69, 9.17) is 16.3 Å². The summed E-state index contributed by atoms with van der Waals surface area (Å²) in [6.45, 7) is 3.50. The number of nitrogens with one attached hydrogen (secondary N) is 1. The van der Waals surface area contributed by atoms with Crippen molar-refractivity contribution >= 4 is 27.5 Å². The van der Waals surface area contributed by atoms with Gasteiger partial charge in [0.1, 0.15) is 11.6 Å². The maximum absolute atomic E-state index is 13.3. The van der Waals surface area contributed by atoms with Gasteiger partial charge in [0.15, 0.2) is 5.75 Å². The minimum Gasteiger partial charge on any atom is -0.454 e. The normalized spacial score (nSPS) is 10.6. The molecule has 0 saturated heterocycles. The van der Waals surface area contributed by atoms with E-state index in [1.807, 2.05) is 19.1 Å². The minimum atomic E-state index is -0.358. The second-order valence-electron chi connectivity index (χ2n) is 4.19. The summed E-state index contributed by atoms with van der Waals surface area (Å²) in [5, 5.41) is 3.72. The van der Waals surface area contributed by atoms with Crippen LogP contribution in [-0.2, 0) is 6.54 Å². The number of benzene rings is 2. The molecule has 0 atom stereocenters. The fraction of sp³-hybridized carbons (Fsp3) is 0.200. The standard InChI is InChI=1S/C15H14BrClFNO/c1-2-19-9-10-4-3-5-13(17)15(10)20-14-8-11(18)6-7-12(14)16/h3-8,19H,2,9H2,1H3. The molecular formula is C15H14BrClFNO. The van der Waals surface area contributed by atoms with Crippen molar-refractivity contribution in [2.75, 3.05) is 6.54 Å². The summed E-state index contributed by atoms with van der Waals surface area (Å²) in [4.78, 5) is 0. The van der Waals surface area contributed by atoms with Crippen molar-refractivity contribution in [3.63, 3.8) is 0 Å². The van der Waals surface area contributed by atoms with Gasteiger partial charge in [-0.1, -0.05) is 30.7 Å². The summed E-state index contributed by atoms with van der Waals surface area (Å²) in [6.07, 6.45) is 0. The maximum atomic E-state index is 13.3. The van der Waals surface area contributed by atoms with E-state index in [0.29, 0.717) is 27.5 Å². The van der Waals surface area contributed by atoms with Gasteiger partial charge in [-0.25, -0.2) is 4.39 Å². The molecule has 0 aliphatic carbocycles. The third kappa shape index (κ3) is 3.72. The molecule has 0 aliphatic heterocycles. The Balaban J connectivity index is 2.34. The van der Waals surface area contributed by atoms with Crippen LogP contribution in [0.3, 0.4) is 0 Å². The van der Waals surface area contributed by atoms with Crippen molar-refractivity contribution in [2.24, 2.45) is 0 Å². The van der Waals surface area contributed by atoms with Crippen LogP contribution in [0.4, 0.5) is 4.39 Å². The lowest BCUT2D eigenvalue weighted by molar-refractivity contribution is 0.465. The molecule has 106 valence electrons. The van der Waals surface area contributed by atoms with Gasteiger partial charge >= 0.3 is 0 Å². The molecule has 0 heterocycles. The average Bonchev–Trinajstić information content (AvgIpc) is 2.43. The van der Waals surface area contributed by atoms with Crippen molar-refractivity contribution in [2.45, 2.75) is 13.5 Å². The molecule has 0 saturated carbocycles. The Morgan fingerprint density at radius 3 is 2.85 bits per heavy atom. The van der Waals surface area contributed by atoms with E-state index in [9.17, 15) is 4.39 Å². The molecule has 2 aromatic rings. The lowest BCUT2D eigenvalue weighted by Crippen LogP contribution is -2.12. The van der Waals surface area contributed by atoms with Crippen molar-refractivity contribution in [1.82, 2.24) is 5.32 Å². The van der Waals surface area contributed by atoms with E-state index in [-0.39, 0.29) is 5.82 Å². The molecule has 0 radical (unpaired) electrons. The van der Waals surface area contributed by atoms with E-state index in [0.717, 1.165) is 12.1 Å². The first kappa shape index (κ1) is 15.3. The van der Waals surface area contributed by atoms with Crippen LogP contribution in [-0.4, -0.2) is 6.54 Å². The number of para-hydroxylation sites is 1. The molecule has 2 aromatic carbocycles. The highest BCUT2D eigenvalue weighted by Crippen LogP contribution is 2.36. The van der Waals surface area contributed by atoms with Crippen LogP contribution in [0.25, 0.3) is 0 Å². The lowest BCUT2D eigenvalue weighted by atomic mass is 10.2. The number of rotatable bonds is 5. The van der Waals surface area contributed by atoms with E-state index < -0.39 is 0 Å². The Morgan fingerprint density at radius 1 is 1.30 bits per heavy atom. The van der Waals surface area contributed by atoms with Gasteiger partial charge in [0.05, 0.1) is 9.50 Å². The van der Waals surface area contributed by atoms with Gasteiger partial charge in [-0.05, 0) is 40.7 Å². The lowest BCUT2D eigenvalue weighted by Gasteiger charge is -2.14.